The van der Waals surface area contributed by atoms with E-state index in [1.165, 1.54) is 12.1 Å². The number of carbonyl (C=O) groups excluding carboxylic acids is 1. The first kappa shape index (κ1) is 11.9. The number of aryl methyl sites for hydroxylation is 2. The Morgan fingerprint density at radius 1 is 1.11 bits per heavy atom. The Labute approximate surface area is 111 Å². The average molecular weight is 255 g/mol. The standard InChI is InChI=1S/C16H14FNO/c1-9-4-3-5-10(2)14(9)15-12-8-11(17)6-7-13(12)18-16(15)19/h3-8,15H,1-2H3,(H,18,19). The summed E-state index contributed by atoms with van der Waals surface area (Å²) in [6.45, 7) is 3.96. The number of rotatable bonds is 1. The van der Waals surface area contributed by atoms with Crippen molar-refractivity contribution < 1.29 is 9.18 Å². The molecule has 1 aliphatic heterocycles. The molecular weight excluding hydrogens is 241 g/mol. The summed E-state index contributed by atoms with van der Waals surface area (Å²) in [6, 6.07) is 10.4. The van der Waals surface area contributed by atoms with Gasteiger partial charge in [-0.05, 0) is 54.3 Å². The van der Waals surface area contributed by atoms with Gasteiger partial charge in [0.05, 0.1) is 5.92 Å². The second-order valence-electron chi connectivity index (χ2n) is 4.96. The van der Waals surface area contributed by atoms with Crippen molar-refractivity contribution in [2.24, 2.45) is 0 Å². The van der Waals surface area contributed by atoms with Crippen molar-refractivity contribution >= 4 is 11.6 Å². The quantitative estimate of drug-likeness (QED) is 0.829. The number of anilines is 1. The summed E-state index contributed by atoms with van der Waals surface area (Å²) in [5.74, 6) is -0.809. The molecule has 19 heavy (non-hydrogen) atoms. The molecule has 1 atom stereocenters. The Kier molecular flexibility index (Phi) is 2.63. The molecule has 1 heterocycles. The van der Waals surface area contributed by atoms with Crippen LogP contribution < -0.4 is 5.32 Å². The van der Waals surface area contributed by atoms with Gasteiger partial charge in [0.1, 0.15) is 5.82 Å². The van der Waals surface area contributed by atoms with E-state index in [4.69, 9.17) is 0 Å². The van der Waals surface area contributed by atoms with E-state index >= 15 is 0 Å². The van der Waals surface area contributed by atoms with Crippen LogP contribution in [0.1, 0.15) is 28.2 Å². The summed E-state index contributed by atoms with van der Waals surface area (Å²) in [6.07, 6.45) is 0. The minimum Gasteiger partial charge on any atom is -0.325 e. The Balaban J connectivity index is 2.22. The van der Waals surface area contributed by atoms with Gasteiger partial charge in [0, 0.05) is 5.69 Å². The van der Waals surface area contributed by atoms with Crippen molar-refractivity contribution in [1.82, 2.24) is 0 Å². The molecule has 2 aromatic rings. The first-order chi connectivity index (χ1) is 9.08. The van der Waals surface area contributed by atoms with E-state index in [0.29, 0.717) is 5.69 Å². The van der Waals surface area contributed by atoms with Crippen molar-refractivity contribution in [1.29, 1.82) is 0 Å². The van der Waals surface area contributed by atoms with Gasteiger partial charge in [0.25, 0.3) is 0 Å². The smallest absolute Gasteiger partial charge is 0.236 e. The first-order valence-corrected chi connectivity index (χ1v) is 6.24. The maximum atomic E-state index is 13.4. The molecule has 1 aliphatic rings. The van der Waals surface area contributed by atoms with Crippen molar-refractivity contribution in [2.75, 3.05) is 5.32 Å². The second-order valence-corrected chi connectivity index (χ2v) is 4.96. The zero-order valence-corrected chi connectivity index (χ0v) is 10.8. The van der Waals surface area contributed by atoms with Crippen LogP contribution in [0.25, 0.3) is 0 Å². The van der Waals surface area contributed by atoms with Gasteiger partial charge in [-0.25, -0.2) is 4.39 Å². The fourth-order valence-corrected chi connectivity index (χ4v) is 2.80. The average Bonchev–Trinajstić information content (AvgIpc) is 2.66. The largest absolute Gasteiger partial charge is 0.325 e. The zero-order valence-electron chi connectivity index (χ0n) is 10.8. The number of carbonyl (C=O) groups is 1. The molecule has 0 spiro atoms. The van der Waals surface area contributed by atoms with Crippen LogP contribution >= 0.6 is 0 Å². The summed E-state index contributed by atoms with van der Waals surface area (Å²) in [5.41, 5.74) is 4.51. The van der Waals surface area contributed by atoms with E-state index in [-0.39, 0.29) is 11.7 Å². The minimum atomic E-state index is -0.410. The molecule has 1 unspecified atom stereocenters. The van der Waals surface area contributed by atoms with Crippen LogP contribution in [0.15, 0.2) is 36.4 Å². The molecule has 1 amide bonds. The van der Waals surface area contributed by atoms with E-state index in [0.717, 1.165) is 22.3 Å². The molecular formula is C16H14FNO. The van der Waals surface area contributed by atoms with Crippen molar-refractivity contribution in [2.45, 2.75) is 19.8 Å². The highest BCUT2D eigenvalue weighted by molar-refractivity contribution is 6.05. The molecule has 0 saturated carbocycles. The topological polar surface area (TPSA) is 29.1 Å². The van der Waals surface area contributed by atoms with E-state index < -0.39 is 5.92 Å². The van der Waals surface area contributed by atoms with Gasteiger partial charge in [-0.1, -0.05) is 18.2 Å². The summed E-state index contributed by atoms with van der Waals surface area (Å²) >= 11 is 0. The molecule has 3 rings (SSSR count). The number of amides is 1. The summed E-state index contributed by atoms with van der Waals surface area (Å²) in [4.78, 5) is 12.2. The molecule has 3 heteroatoms. The highest BCUT2D eigenvalue weighted by Crippen LogP contribution is 2.39. The van der Waals surface area contributed by atoms with Crippen LogP contribution in [0.4, 0.5) is 10.1 Å². The van der Waals surface area contributed by atoms with Crippen molar-refractivity contribution in [3.8, 4) is 0 Å². The monoisotopic (exact) mass is 255 g/mol. The number of hydrogen-bond acceptors (Lipinski definition) is 1. The van der Waals surface area contributed by atoms with Crippen LogP contribution in [0.3, 0.4) is 0 Å². The lowest BCUT2D eigenvalue weighted by Gasteiger charge is -2.15. The van der Waals surface area contributed by atoms with Crippen LogP contribution in [0, 0.1) is 19.7 Å². The van der Waals surface area contributed by atoms with Gasteiger partial charge in [0.15, 0.2) is 0 Å². The molecule has 0 aromatic heterocycles. The van der Waals surface area contributed by atoms with Crippen LogP contribution in [0.5, 0.6) is 0 Å². The molecule has 2 nitrogen and oxygen atoms in total. The van der Waals surface area contributed by atoms with E-state index in [2.05, 4.69) is 5.32 Å². The van der Waals surface area contributed by atoms with Crippen LogP contribution in [-0.2, 0) is 4.79 Å². The van der Waals surface area contributed by atoms with E-state index in [9.17, 15) is 9.18 Å². The fourth-order valence-electron chi connectivity index (χ4n) is 2.80. The Bertz CT molecular complexity index is 658. The molecule has 0 fully saturated rings. The van der Waals surface area contributed by atoms with Crippen molar-refractivity contribution in [3.63, 3.8) is 0 Å². The lowest BCUT2D eigenvalue weighted by atomic mass is 9.86. The maximum absolute atomic E-state index is 13.4. The first-order valence-electron chi connectivity index (χ1n) is 6.24. The Morgan fingerprint density at radius 2 is 1.79 bits per heavy atom. The Morgan fingerprint density at radius 3 is 2.47 bits per heavy atom. The van der Waals surface area contributed by atoms with E-state index in [1.54, 1.807) is 6.07 Å². The number of fused-ring (bicyclic) bond motifs is 1. The molecule has 0 radical (unpaired) electrons. The highest BCUT2D eigenvalue weighted by atomic mass is 19.1. The zero-order chi connectivity index (χ0) is 13.6. The predicted octanol–water partition coefficient (Wildman–Crippen LogP) is 3.53. The summed E-state index contributed by atoms with van der Waals surface area (Å²) in [7, 11) is 0. The second kappa shape index (κ2) is 4.19. The lowest BCUT2D eigenvalue weighted by Crippen LogP contribution is -2.15. The number of benzene rings is 2. The molecule has 0 aliphatic carbocycles. The third-order valence-electron chi connectivity index (χ3n) is 3.68. The molecule has 0 saturated heterocycles. The van der Waals surface area contributed by atoms with Gasteiger partial charge in [0.2, 0.25) is 5.91 Å². The van der Waals surface area contributed by atoms with Gasteiger partial charge in [-0.15, -0.1) is 0 Å². The van der Waals surface area contributed by atoms with Gasteiger partial charge in [-0.3, -0.25) is 4.79 Å². The van der Waals surface area contributed by atoms with Crippen molar-refractivity contribution in [3.05, 3.63) is 64.5 Å². The third kappa shape index (κ3) is 1.82. The summed E-state index contributed by atoms with van der Waals surface area (Å²) in [5, 5.41) is 2.82. The number of hydrogen-bond donors (Lipinski definition) is 1. The highest BCUT2D eigenvalue weighted by Gasteiger charge is 2.33. The SMILES string of the molecule is Cc1cccc(C)c1C1C(=O)Nc2ccc(F)cc21. The van der Waals surface area contributed by atoms with Crippen LogP contribution in [-0.4, -0.2) is 5.91 Å². The predicted molar refractivity (Wildman–Crippen MR) is 72.8 cm³/mol. The normalized spacial score (nSPS) is 17.2. The fraction of sp³-hybridized carbons (Fsp3) is 0.188. The minimum absolute atomic E-state index is 0.0852. The molecule has 96 valence electrons. The Hall–Kier alpha value is -2.16. The number of nitrogens with one attached hydrogen (secondary N) is 1. The third-order valence-corrected chi connectivity index (χ3v) is 3.68. The number of halogens is 1. The van der Waals surface area contributed by atoms with Gasteiger partial charge < -0.3 is 5.32 Å². The molecule has 0 bridgehead atoms. The van der Waals surface area contributed by atoms with Crippen LogP contribution in [0.2, 0.25) is 0 Å². The summed E-state index contributed by atoms with van der Waals surface area (Å²) < 4.78 is 13.4. The molecule has 2 aromatic carbocycles. The van der Waals surface area contributed by atoms with Gasteiger partial charge >= 0.3 is 0 Å². The van der Waals surface area contributed by atoms with E-state index in [1.807, 2.05) is 32.0 Å². The van der Waals surface area contributed by atoms with Gasteiger partial charge in [-0.2, -0.15) is 0 Å². The molecule has 1 N–H and O–H groups in total. The maximum Gasteiger partial charge on any atom is 0.236 e. The lowest BCUT2D eigenvalue weighted by molar-refractivity contribution is -0.116.